The normalized spacial score (nSPS) is 10.6. The molecule has 1 N–H and O–H groups in total. The van der Waals surface area contributed by atoms with E-state index < -0.39 is 34.4 Å². The van der Waals surface area contributed by atoms with Crippen LogP contribution < -0.4 is 0 Å². The lowest BCUT2D eigenvalue weighted by Gasteiger charge is -2.01. The summed E-state index contributed by atoms with van der Waals surface area (Å²) in [5.41, 5.74) is -1.15. The third kappa shape index (κ3) is 1.73. The Balaban J connectivity index is 3.40. The molecule has 0 atom stereocenters. The number of aromatic nitrogens is 1. The molecule has 0 aliphatic rings. The largest absolute Gasteiger partial charge is 0.501 e. The molecule has 0 aliphatic carbocycles. The summed E-state index contributed by atoms with van der Waals surface area (Å²) < 4.78 is 36.6. The average Bonchev–Trinajstić information content (AvgIpc) is 2.07. The van der Waals surface area contributed by atoms with Crippen LogP contribution in [0.1, 0.15) is 12.0 Å². The van der Waals surface area contributed by atoms with Gasteiger partial charge in [0.15, 0.2) is 0 Å². The molecule has 14 heavy (non-hydrogen) atoms. The van der Waals surface area contributed by atoms with E-state index in [4.69, 9.17) is 5.11 Å². The van der Waals surface area contributed by atoms with Crippen LogP contribution in [0.2, 0.25) is 0 Å². The smallest absolute Gasteiger partial charge is 0.409 e. The molecule has 76 valence electrons. The van der Waals surface area contributed by atoms with Crippen molar-refractivity contribution >= 4 is 5.82 Å². The van der Waals surface area contributed by atoms with Crippen LogP contribution in [0, 0.1) is 16.1 Å². The Hall–Kier alpha value is -1.86. The molecule has 0 unspecified atom stereocenters. The van der Waals surface area contributed by atoms with E-state index in [2.05, 4.69) is 4.98 Å². The van der Waals surface area contributed by atoms with Gasteiger partial charge in [0, 0.05) is 6.07 Å². The molecule has 1 rings (SSSR count). The number of alkyl halides is 2. The highest BCUT2D eigenvalue weighted by Crippen LogP contribution is 2.34. The molecule has 0 spiro atoms. The standard InChI is InChI=1S/C6H3F3N2O3/c7-3-1-2(5(8)9)4(12)6(10-3)11(13)14/h1,5,12H. The van der Waals surface area contributed by atoms with Gasteiger partial charge < -0.3 is 15.2 Å². The Morgan fingerprint density at radius 2 is 2.14 bits per heavy atom. The molecule has 0 saturated carbocycles. The monoisotopic (exact) mass is 208 g/mol. The predicted octanol–water partition coefficient (Wildman–Crippen LogP) is 1.77. The molecule has 8 heteroatoms. The molecule has 1 heterocycles. The maximum Gasteiger partial charge on any atom is 0.409 e. The zero-order valence-electron chi connectivity index (χ0n) is 6.45. The zero-order valence-corrected chi connectivity index (χ0v) is 6.45. The van der Waals surface area contributed by atoms with Gasteiger partial charge in [0.1, 0.15) is 0 Å². The van der Waals surface area contributed by atoms with Crippen molar-refractivity contribution in [3.8, 4) is 5.75 Å². The van der Waals surface area contributed by atoms with Gasteiger partial charge in [-0.05, 0) is 9.91 Å². The minimum absolute atomic E-state index is 0.243. The number of hydrogen-bond acceptors (Lipinski definition) is 4. The summed E-state index contributed by atoms with van der Waals surface area (Å²) in [6.07, 6.45) is -3.20. The number of halogens is 3. The van der Waals surface area contributed by atoms with Crippen molar-refractivity contribution in [2.24, 2.45) is 0 Å². The van der Waals surface area contributed by atoms with Gasteiger partial charge >= 0.3 is 11.8 Å². The Labute approximate surface area is 75.0 Å². The molecule has 0 radical (unpaired) electrons. The first kappa shape index (κ1) is 10.2. The van der Waals surface area contributed by atoms with Gasteiger partial charge in [-0.3, -0.25) is 0 Å². The Bertz CT molecular complexity index is 383. The third-order valence-electron chi connectivity index (χ3n) is 1.38. The lowest BCUT2D eigenvalue weighted by molar-refractivity contribution is -0.391. The van der Waals surface area contributed by atoms with E-state index >= 15 is 0 Å². The van der Waals surface area contributed by atoms with Crippen molar-refractivity contribution in [1.82, 2.24) is 4.98 Å². The van der Waals surface area contributed by atoms with Crippen molar-refractivity contribution in [2.75, 3.05) is 0 Å². The maximum absolute atomic E-state index is 12.5. The van der Waals surface area contributed by atoms with Crippen molar-refractivity contribution in [1.29, 1.82) is 0 Å². The highest BCUT2D eigenvalue weighted by molar-refractivity contribution is 5.45. The summed E-state index contributed by atoms with van der Waals surface area (Å²) >= 11 is 0. The average molecular weight is 208 g/mol. The van der Waals surface area contributed by atoms with E-state index in [1.165, 1.54) is 0 Å². The SMILES string of the molecule is O=[N+]([O-])c1nc(F)cc(C(F)F)c1O. The van der Waals surface area contributed by atoms with Crippen LogP contribution in [0.3, 0.4) is 0 Å². The summed E-state index contributed by atoms with van der Waals surface area (Å²) in [4.78, 5) is 11.5. The second kappa shape index (κ2) is 3.48. The summed E-state index contributed by atoms with van der Waals surface area (Å²) in [5, 5.41) is 19.0. The number of aromatic hydroxyl groups is 1. The molecule has 1 aromatic heterocycles. The summed E-state index contributed by atoms with van der Waals surface area (Å²) in [6.45, 7) is 0. The number of hydrogen-bond donors (Lipinski definition) is 1. The molecule has 0 fully saturated rings. The fourth-order valence-corrected chi connectivity index (χ4v) is 0.806. The van der Waals surface area contributed by atoms with Crippen molar-refractivity contribution in [3.05, 3.63) is 27.7 Å². The van der Waals surface area contributed by atoms with Gasteiger partial charge in [-0.1, -0.05) is 0 Å². The van der Waals surface area contributed by atoms with E-state index in [9.17, 15) is 23.3 Å². The minimum Gasteiger partial charge on any atom is -0.501 e. The molecule has 0 aliphatic heterocycles. The van der Waals surface area contributed by atoms with Crippen molar-refractivity contribution in [2.45, 2.75) is 6.43 Å². The van der Waals surface area contributed by atoms with Crippen LogP contribution in [0.5, 0.6) is 5.75 Å². The fraction of sp³-hybridized carbons (Fsp3) is 0.167. The first-order valence-electron chi connectivity index (χ1n) is 3.25. The first-order chi connectivity index (χ1) is 6.43. The van der Waals surface area contributed by atoms with Crippen LogP contribution in [-0.2, 0) is 0 Å². The Morgan fingerprint density at radius 3 is 2.57 bits per heavy atom. The van der Waals surface area contributed by atoms with Gasteiger partial charge in [0.25, 0.3) is 6.43 Å². The molecule has 0 aromatic carbocycles. The van der Waals surface area contributed by atoms with Crippen LogP contribution in [-0.4, -0.2) is 15.0 Å². The van der Waals surface area contributed by atoms with E-state index in [0.717, 1.165) is 0 Å². The third-order valence-corrected chi connectivity index (χ3v) is 1.38. The molecule has 5 nitrogen and oxygen atoms in total. The Morgan fingerprint density at radius 1 is 1.57 bits per heavy atom. The van der Waals surface area contributed by atoms with Gasteiger partial charge in [-0.15, -0.1) is 0 Å². The van der Waals surface area contributed by atoms with E-state index in [0.29, 0.717) is 0 Å². The van der Waals surface area contributed by atoms with E-state index in [-0.39, 0.29) is 6.07 Å². The number of nitro groups is 1. The van der Waals surface area contributed by atoms with Crippen LogP contribution in [0.15, 0.2) is 6.07 Å². The first-order valence-corrected chi connectivity index (χ1v) is 3.25. The van der Waals surface area contributed by atoms with E-state index in [1.807, 2.05) is 0 Å². The highest BCUT2D eigenvalue weighted by atomic mass is 19.3. The Kier molecular flexibility index (Phi) is 2.54. The van der Waals surface area contributed by atoms with Gasteiger partial charge in [-0.25, -0.2) is 8.78 Å². The highest BCUT2D eigenvalue weighted by Gasteiger charge is 2.26. The number of nitrogens with zero attached hydrogens (tertiary/aromatic N) is 2. The topological polar surface area (TPSA) is 76.3 Å². The second-order valence-electron chi connectivity index (χ2n) is 2.26. The van der Waals surface area contributed by atoms with Crippen molar-refractivity contribution < 1.29 is 23.2 Å². The lowest BCUT2D eigenvalue weighted by Crippen LogP contribution is -1.99. The molecule has 0 amide bonds. The quantitative estimate of drug-likeness (QED) is 0.456. The lowest BCUT2D eigenvalue weighted by atomic mass is 10.2. The van der Waals surface area contributed by atoms with Gasteiger partial charge in [0.2, 0.25) is 5.75 Å². The van der Waals surface area contributed by atoms with Gasteiger partial charge in [-0.2, -0.15) is 4.39 Å². The number of rotatable bonds is 2. The summed E-state index contributed by atoms with van der Waals surface area (Å²) in [7, 11) is 0. The molecular weight excluding hydrogens is 205 g/mol. The summed E-state index contributed by atoms with van der Waals surface area (Å²) in [5.74, 6) is -4.07. The molecular formula is C6H3F3N2O3. The fourth-order valence-electron chi connectivity index (χ4n) is 0.806. The predicted molar refractivity (Wildman–Crippen MR) is 37.5 cm³/mol. The minimum atomic E-state index is -3.20. The second-order valence-corrected chi connectivity index (χ2v) is 2.26. The molecule has 1 aromatic rings. The zero-order chi connectivity index (χ0) is 10.9. The summed E-state index contributed by atoms with van der Waals surface area (Å²) in [6, 6.07) is 0.243. The molecule has 0 bridgehead atoms. The van der Waals surface area contributed by atoms with Crippen LogP contribution in [0.25, 0.3) is 0 Å². The molecule has 0 saturated heterocycles. The van der Waals surface area contributed by atoms with Crippen molar-refractivity contribution in [3.63, 3.8) is 0 Å². The van der Waals surface area contributed by atoms with Gasteiger partial charge in [0.05, 0.1) is 5.56 Å². The van der Waals surface area contributed by atoms with E-state index in [1.54, 1.807) is 0 Å². The number of pyridine rings is 1. The maximum atomic E-state index is 12.5. The van der Waals surface area contributed by atoms with Crippen LogP contribution in [0.4, 0.5) is 19.0 Å². The van der Waals surface area contributed by atoms with Crippen LogP contribution >= 0.6 is 0 Å².